The van der Waals surface area contributed by atoms with Crippen LogP contribution in [0, 0.1) is 6.92 Å². The van der Waals surface area contributed by atoms with Crippen molar-refractivity contribution in [3.8, 4) is 0 Å². The van der Waals surface area contributed by atoms with E-state index in [9.17, 15) is 4.79 Å². The molecule has 0 bridgehead atoms. The van der Waals surface area contributed by atoms with Gasteiger partial charge < -0.3 is 4.52 Å². The van der Waals surface area contributed by atoms with Crippen molar-refractivity contribution in [1.82, 2.24) is 5.16 Å². The summed E-state index contributed by atoms with van der Waals surface area (Å²) in [6.45, 7) is 1.77. The van der Waals surface area contributed by atoms with Crippen LogP contribution in [-0.2, 0) is 0 Å². The zero-order valence-electron chi connectivity index (χ0n) is 6.87. The zero-order valence-corrected chi connectivity index (χ0v) is 7.63. The lowest BCUT2D eigenvalue weighted by atomic mass is 10.1. The van der Waals surface area contributed by atoms with Crippen LogP contribution >= 0.6 is 11.6 Å². The molecule has 0 saturated heterocycles. The van der Waals surface area contributed by atoms with Crippen molar-refractivity contribution in [2.45, 2.75) is 6.92 Å². The molecule has 0 aliphatic carbocycles. The maximum atomic E-state index is 10.7. The van der Waals surface area contributed by atoms with Crippen molar-refractivity contribution in [3.05, 3.63) is 28.4 Å². The summed E-state index contributed by atoms with van der Waals surface area (Å²) in [7, 11) is 0. The predicted octanol–water partition coefficient (Wildman–Crippen LogP) is 2.60. The minimum absolute atomic E-state index is 0.473. The number of aromatic nitrogens is 1. The van der Waals surface area contributed by atoms with Gasteiger partial charge in [0, 0.05) is 5.56 Å². The number of halogens is 1. The summed E-state index contributed by atoms with van der Waals surface area (Å²) < 4.78 is 4.98. The number of carbonyl (C=O) groups is 1. The highest BCUT2D eigenvalue weighted by Gasteiger charge is 2.11. The normalized spacial score (nSPS) is 10.6. The molecule has 0 aliphatic heterocycles. The first-order chi connectivity index (χ1) is 6.24. The molecule has 1 aromatic carbocycles. The molecule has 13 heavy (non-hydrogen) atoms. The highest BCUT2D eigenvalue weighted by atomic mass is 35.5. The summed E-state index contributed by atoms with van der Waals surface area (Å²) in [5.74, 6) is 0. The van der Waals surface area contributed by atoms with Crippen LogP contribution in [0.1, 0.15) is 16.1 Å². The van der Waals surface area contributed by atoms with Crippen LogP contribution in [0.2, 0.25) is 5.02 Å². The van der Waals surface area contributed by atoms with Crippen LogP contribution in [0.5, 0.6) is 0 Å². The molecule has 0 unspecified atom stereocenters. The molecule has 0 spiro atoms. The molecule has 0 saturated carbocycles. The number of aldehydes is 1. The molecule has 4 heteroatoms. The molecule has 1 heterocycles. The first-order valence-electron chi connectivity index (χ1n) is 3.73. The first kappa shape index (κ1) is 8.26. The molecule has 66 valence electrons. The van der Waals surface area contributed by atoms with Crippen molar-refractivity contribution in [2.75, 3.05) is 0 Å². The topological polar surface area (TPSA) is 43.1 Å². The Kier molecular flexibility index (Phi) is 1.81. The van der Waals surface area contributed by atoms with E-state index in [0.717, 1.165) is 6.29 Å². The second-order valence-electron chi connectivity index (χ2n) is 2.73. The van der Waals surface area contributed by atoms with Crippen molar-refractivity contribution < 1.29 is 9.32 Å². The van der Waals surface area contributed by atoms with Gasteiger partial charge in [-0.25, -0.2) is 0 Å². The molecule has 0 fully saturated rings. The monoisotopic (exact) mass is 195 g/mol. The Hall–Kier alpha value is -1.35. The van der Waals surface area contributed by atoms with E-state index in [-0.39, 0.29) is 0 Å². The van der Waals surface area contributed by atoms with Crippen LogP contribution in [0.25, 0.3) is 11.0 Å². The smallest absolute Gasteiger partial charge is 0.186 e. The number of aryl methyl sites for hydroxylation is 1. The molecule has 0 aliphatic rings. The highest BCUT2D eigenvalue weighted by Crippen LogP contribution is 2.27. The van der Waals surface area contributed by atoms with Gasteiger partial charge in [-0.3, -0.25) is 4.79 Å². The molecule has 0 amide bonds. The van der Waals surface area contributed by atoms with Crippen molar-refractivity contribution in [1.29, 1.82) is 0 Å². The molecule has 2 aromatic rings. The van der Waals surface area contributed by atoms with Crippen molar-refractivity contribution in [2.24, 2.45) is 0 Å². The van der Waals surface area contributed by atoms with E-state index in [1.54, 1.807) is 19.1 Å². The molecule has 2 rings (SSSR count). The summed E-state index contributed by atoms with van der Waals surface area (Å²) in [6, 6.07) is 3.28. The lowest BCUT2D eigenvalue weighted by Crippen LogP contribution is -1.82. The standard InChI is InChI=1S/C9H6ClNO2/c1-5-8-6(4-12)2-3-7(10)9(8)13-11-5/h2-4H,1H3. The number of nitrogens with zero attached hydrogens (tertiary/aromatic N) is 1. The predicted molar refractivity (Wildman–Crippen MR) is 49.1 cm³/mol. The van der Waals surface area contributed by atoms with Gasteiger partial charge in [0.1, 0.15) is 0 Å². The third-order valence-electron chi connectivity index (χ3n) is 1.90. The van der Waals surface area contributed by atoms with Crippen molar-refractivity contribution in [3.63, 3.8) is 0 Å². The first-order valence-corrected chi connectivity index (χ1v) is 4.11. The summed E-state index contributed by atoms with van der Waals surface area (Å²) in [5.41, 5.74) is 1.71. The minimum atomic E-state index is 0.473. The van der Waals surface area contributed by atoms with E-state index < -0.39 is 0 Å². The van der Waals surface area contributed by atoms with Crippen LogP contribution < -0.4 is 0 Å². The van der Waals surface area contributed by atoms with Crippen LogP contribution in [-0.4, -0.2) is 11.4 Å². The summed E-state index contributed by atoms with van der Waals surface area (Å²) in [4.78, 5) is 10.7. The van der Waals surface area contributed by atoms with E-state index in [4.69, 9.17) is 16.1 Å². The Bertz CT molecular complexity index is 476. The minimum Gasteiger partial charge on any atom is -0.354 e. The molecular weight excluding hydrogens is 190 g/mol. The summed E-state index contributed by atoms with van der Waals surface area (Å²) in [5, 5.41) is 4.92. The lowest BCUT2D eigenvalue weighted by molar-refractivity contribution is 0.112. The molecule has 0 radical (unpaired) electrons. The van der Waals surface area contributed by atoms with Gasteiger partial charge >= 0.3 is 0 Å². The fourth-order valence-electron chi connectivity index (χ4n) is 1.29. The zero-order chi connectivity index (χ0) is 9.42. The van der Waals surface area contributed by atoms with Gasteiger partial charge in [0.15, 0.2) is 11.9 Å². The van der Waals surface area contributed by atoms with Crippen molar-refractivity contribution >= 4 is 28.9 Å². The largest absolute Gasteiger partial charge is 0.354 e. The van der Waals surface area contributed by atoms with Gasteiger partial charge in [0.2, 0.25) is 0 Å². The summed E-state index contributed by atoms with van der Waals surface area (Å²) >= 11 is 5.85. The third-order valence-corrected chi connectivity index (χ3v) is 2.20. The van der Waals surface area contributed by atoms with Gasteiger partial charge in [0.25, 0.3) is 0 Å². The number of rotatable bonds is 1. The lowest BCUT2D eigenvalue weighted by Gasteiger charge is -1.94. The fraction of sp³-hybridized carbons (Fsp3) is 0.111. The molecule has 0 atom stereocenters. The number of hydrogen-bond donors (Lipinski definition) is 0. The Balaban J connectivity index is 2.96. The molecule has 0 N–H and O–H groups in total. The third kappa shape index (κ3) is 1.12. The van der Waals surface area contributed by atoms with Crippen LogP contribution in [0.3, 0.4) is 0 Å². The average Bonchev–Trinajstić information content (AvgIpc) is 2.51. The van der Waals surface area contributed by atoms with E-state index in [1.165, 1.54) is 0 Å². The van der Waals surface area contributed by atoms with E-state index in [2.05, 4.69) is 5.16 Å². The highest BCUT2D eigenvalue weighted by molar-refractivity contribution is 6.35. The molecule has 3 nitrogen and oxygen atoms in total. The Morgan fingerprint density at radius 3 is 3.00 bits per heavy atom. The fourth-order valence-corrected chi connectivity index (χ4v) is 1.48. The Labute approximate surface area is 79.3 Å². The Morgan fingerprint density at radius 2 is 2.31 bits per heavy atom. The maximum absolute atomic E-state index is 10.7. The van der Waals surface area contributed by atoms with Gasteiger partial charge in [0.05, 0.1) is 16.1 Å². The number of fused-ring (bicyclic) bond motifs is 1. The van der Waals surface area contributed by atoms with Gasteiger partial charge in [-0.05, 0) is 19.1 Å². The SMILES string of the molecule is Cc1noc2c(Cl)ccc(C=O)c12. The number of benzene rings is 1. The quantitative estimate of drug-likeness (QED) is 0.657. The Morgan fingerprint density at radius 1 is 1.54 bits per heavy atom. The number of carbonyl (C=O) groups excluding carboxylic acids is 1. The number of hydrogen-bond acceptors (Lipinski definition) is 3. The van der Waals surface area contributed by atoms with Crippen LogP contribution in [0.4, 0.5) is 0 Å². The van der Waals surface area contributed by atoms with Gasteiger partial charge in [-0.1, -0.05) is 16.8 Å². The average molecular weight is 196 g/mol. The van der Waals surface area contributed by atoms with Crippen LogP contribution in [0.15, 0.2) is 16.7 Å². The van der Waals surface area contributed by atoms with E-state index in [1.807, 2.05) is 0 Å². The maximum Gasteiger partial charge on any atom is 0.186 e. The van der Waals surface area contributed by atoms with E-state index >= 15 is 0 Å². The molecule has 1 aromatic heterocycles. The van der Waals surface area contributed by atoms with E-state index in [0.29, 0.717) is 27.2 Å². The van der Waals surface area contributed by atoms with Gasteiger partial charge in [-0.15, -0.1) is 0 Å². The second-order valence-corrected chi connectivity index (χ2v) is 3.13. The molecular formula is C9H6ClNO2. The summed E-state index contributed by atoms with van der Waals surface area (Å²) in [6.07, 6.45) is 0.767. The second kappa shape index (κ2) is 2.85. The van der Waals surface area contributed by atoms with Gasteiger partial charge in [-0.2, -0.15) is 0 Å².